The number of carbonyl (C=O) groups is 2. The van der Waals surface area contributed by atoms with Crippen molar-refractivity contribution in [2.45, 2.75) is 51.2 Å². The summed E-state index contributed by atoms with van der Waals surface area (Å²) >= 11 is 1.33. The number of nitrogens with zero attached hydrogens (tertiary/aromatic N) is 3. The predicted molar refractivity (Wildman–Crippen MR) is 141 cm³/mol. The Morgan fingerprint density at radius 1 is 1.16 bits per heavy atom. The van der Waals surface area contributed by atoms with E-state index in [1.165, 1.54) is 47.0 Å². The molecule has 0 bridgehead atoms. The molecule has 2 heterocycles. The molecule has 1 aliphatic heterocycles. The SMILES string of the molecule is CCOC(=O)Cn1c(=NC(=O)c2ccc(S(=O)(=O)N(C)CC3CCCO3)cc2)sc2c(C)ccc(C)c21. The molecule has 198 valence electrons. The number of aryl methyl sites for hydroxylation is 2. The van der Waals surface area contributed by atoms with E-state index in [1.54, 1.807) is 11.5 Å². The average Bonchev–Trinajstić information content (AvgIpc) is 3.50. The molecule has 3 aromatic rings. The molecule has 4 rings (SSSR count). The topological polar surface area (TPSA) is 107 Å². The molecule has 1 unspecified atom stereocenters. The van der Waals surface area contributed by atoms with Crippen LogP contribution in [0.5, 0.6) is 0 Å². The fourth-order valence-electron chi connectivity index (χ4n) is 4.32. The third kappa shape index (κ3) is 5.85. The van der Waals surface area contributed by atoms with Gasteiger partial charge in [0.15, 0.2) is 4.80 Å². The van der Waals surface area contributed by atoms with Crippen LogP contribution >= 0.6 is 11.3 Å². The highest BCUT2D eigenvalue weighted by Gasteiger charge is 2.26. The minimum absolute atomic E-state index is 0.0710. The van der Waals surface area contributed by atoms with Crippen LogP contribution in [-0.2, 0) is 30.8 Å². The molecule has 0 N–H and O–H groups in total. The molecule has 1 saturated heterocycles. The zero-order valence-electron chi connectivity index (χ0n) is 21.4. The fourth-order valence-corrected chi connectivity index (χ4v) is 6.69. The van der Waals surface area contributed by atoms with E-state index in [0.717, 1.165) is 34.2 Å². The van der Waals surface area contributed by atoms with Crippen LogP contribution in [0.2, 0.25) is 0 Å². The van der Waals surface area contributed by atoms with Gasteiger partial charge in [-0.2, -0.15) is 9.30 Å². The lowest BCUT2D eigenvalue weighted by atomic mass is 10.1. The van der Waals surface area contributed by atoms with Crippen molar-refractivity contribution in [3.63, 3.8) is 0 Å². The first-order valence-electron chi connectivity index (χ1n) is 12.1. The molecule has 1 amide bonds. The smallest absolute Gasteiger partial charge is 0.326 e. The van der Waals surface area contributed by atoms with E-state index in [-0.39, 0.29) is 36.3 Å². The number of likely N-dealkylation sites (N-methyl/N-ethyl adjacent to an activating group) is 1. The van der Waals surface area contributed by atoms with E-state index in [2.05, 4.69) is 4.99 Å². The second-order valence-electron chi connectivity index (χ2n) is 9.01. The molecule has 1 aromatic heterocycles. The lowest BCUT2D eigenvalue weighted by Crippen LogP contribution is -2.34. The summed E-state index contributed by atoms with van der Waals surface area (Å²) in [6.45, 7) is 6.76. The zero-order chi connectivity index (χ0) is 26.7. The molecule has 11 heteroatoms. The van der Waals surface area contributed by atoms with Crippen LogP contribution < -0.4 is 4.80 Å². The van der Waals surface area contributed by atoms with Crippen molar-refractivity contribution in [1.29, 1.82) is 0 Å². The third-order valence-electron chi connectivity index (χ3n) is 6.31. The number of esters is 1. The number of sulfonamides is 1. The highest BCUT2D eigenvalue weighted by atomic mass is 32.2. The van der Waals surface area contributed by atoms with Crippen LogP contribution in [0, 0.1) is 13.8 Å². The predicted octanol–water partition coefficient (Wildman–Crippen LogP) is 3.42. The number of fused-ring (bicyclic) bond motifs is 1. The number of benzene rings is 2. The van der Waals surface area contributed by atoms with Gasteiger partial charge in [-0.05, 0) is 69.0 Å². The maximum Gasteiger partial charge on any atom is 0.326 e. The van der Waals surface area contributed by atoms with Gasteiger partial charge in [-0.3, -0.25) is 9.59 Å². The van der Waals surface area contributed by atoms with E-state index >= 15 is 0 Å². The monoisotopic (exact) mass is 545 g/mol. The van der Waals surface area contributed by atoms with Gasteiger partial charge < -0.3 is 14.0 Å². The summed E-state index contributed by atoms with van der Waals surface area (Å²) in [4.78, 5) is 30.2. The van der Waals surface area contributed by atoms with E-state index in [0.29, 0.717) is 11.4 Å². The van der Waals surface area contributed by atoms with E-state index in [4.69, 9.17) is 9.47 Å². The van der Waals surface area contributed by atoms with Crippen LogP contribution in [-0.4, -0.2) is 62.1 Å². The summed E-state index contributed by atoms with van der Waals surface area (Å²) in [7, 11) is -2.20. The van der Waals surface area contributed by atoms with Crippen LogP contribution in [0.25, 0.3) is 10.2 Å². The zero-order valence-corrected chi connectivity index (χ0v) is 23.0. The van der Waals surface area contributed by atoms with Gasteiger partial charge in [0, 0.05) is 25.8 Å². The minimum atomic E-state index is -3.72. The molecular formula is C26H31N3O6S2. The highest BCUT2D eigenvalue weighted by molar-refractivity contribution is 7.89. The number of aromatic nitrogens is 1. The van der Waals surface area contributed by atoms with Crippen molar-refractivity contribution in [3.8, 4) is 0 Å². The Labute approximate surface area is 220 Å². The van der Waals surface area contributed by atoms with Crippen molar-refractivity contribution >= 4 is 43.5 Å². The van der Waals surface area contributed by atoms with E-state index in [9.17, 15) is 18.0 Å². The normalized spacial score (nSPS) is 16.6. The largest absolute Gasteiger partial charge is 0.465 e. The lowest BCUT2D eigenvalue weighted by molar-refractivity contribution is -0.143. The molecular weight excluding hydrogens is 514 g/mol. The van der Waals surface area contributed by atoms with Gasteiger partial charge in [0.2, 0.25) is 10.0 Å². The highest BCUT2D eigenvalue weighted by Crippen LogP contribution is 2.25. The Bertz CT molecular complexity index is 1480. The quantitative estimate of drug-likeness (QED) is 0.402. The van der Waals surface area contributed by atoms with Crippen LogP contribution in [0.1, 0.15) is 41.3 Å². The van der Waals surface area contributed by atoms with Crippen molar-refractivity contribution in [3.05, 3.63) is 57.9 Å². The molecule has 1 fully saturated rings. The van der Waals surface area contributed by atoms with E-state index in [1.807, 2.05) is 26.0 Å². The van der Waals surface area contributed by atoms with Crippen LogP contribution in [0.4, 0.5) is 0 Å². The second kappa shape index (κ2) is 11.3. The number of hydrogen-bond acceptors (Lipinski definition) is 7. The van der Waals surface area contributed by atoms with Gasteiger partial charge in [-0.15, -0.1) is 0 Å². The van der Waals surface area contributed by atoms with Crippen LogP contribution in [0.15, 0.2) is 46.3 Å². The number of rotatable bonds is 8. The molecule has 1 aliphatic rings. The third-order valence-corrected chi connectivity index (χ3v) is 9.36. The second-order valence-corrected chi connectivity index (χ2v) is 12.0. The van der Waals surface area contributed by atoms with Gasteiger partial charge >= 0.3 is 5.97 Å². The van der Waals surface area contributed by atoms with Gasteiger partial charge in [-0.25, -0.2) is 8.42 Å². The maximum absolute atomic E-state index is 13.1. The van der Waals surface area contributed by atoms with Gasteiger partial charge in [0.05, 0.1) is 27.8 Å². The molecule has 9 nitrogen and oxygen atoms in total. The summed E-state index contributed by atoms with van der Waals surface area (Å²) in [5.41, 5.74) is 3.05. The molecule has 0 spiro atoms. The number of hydrogen-bond donors (Lipinski definition) is 0. The number of carbonyl (C=O) groups excluding carboxylic acids is 2. The number of thiazole rings is 1. The Morgan fingerprint density at radius 2 is 1.86 bits per heavy atom. The van der Waals surface area contributed by atoms with Crippen molar-refractivity contribution in [2.75, 3.05) is 26.8 Å². The molecule has 0 saturated carbocycles. The van der Waals surface area contributed by atoms with Crippen molar-refractivity contribution < 1.29 is 27.5 Å². The molecule has 0 aliphatic carbocycles. The van der Waals surface area contributed by atoms with Gasteiger partial charge in [0.25, 0.3) is 5.91 Å². The molecule has 37 heavy (non-hydrogen) atoms. The first kappa shape index (κ1) is 27.2. The number of ether oxygens (including phenoxy) is 2. The molecule has 1 atom stereocenters. The van der Waals surface area contributed by atoms with Crippen molar-refractivity contribution in [2.24, 2.45) is 4.99 Å². The Morgan fingerprint density at radius 3 is 2.51 bits per heavy atom. The lowest BCUT2D eigenvalue weighted by Gasteiger charge is -2.20. The summed E-state index contributed by atoms with van der Waals surface area (Å²) in [5.74, 6) is -0.949. The average molecular weight is 546 g/mol. The fraction of sp³-hybridized carbons (Fsp3) is 0.423. The first-order chi connectivity index (χ1) is 17.6. The first-order valence-corrected chi connectivity index (χ1v) is 14.4. The summed E-state index contributed by atoms with van der Waals surface area (Å²) in [5, 5.41) is 0. The standard InChI is InChI=1S/C26H31N3O6S2/c1-5-34-22(30)16-29-23-17(2)8-9-18(3)24(23)36-26(29)27-25(31)19-10-12-21(13-11-19)37(32,33)28(4)15-20-7-6-14-35-20/h8-13,20H,5-7,14-16H2,1-4H3. The van der Waals surface area contributed by atoms with Crippen molar-refractivity contribution in [1.82, 2.24) is 8.87 Å². The van der Waals surface area contributed by atoms with Crippen LogP contribution in [0.3, 0.4) is 0 Å². The molecule has 0 radical (unpaired) electrons. The van der Waals surface area contributed by atoms with E-state index < -0.39 is 21.9 Å². The van der Waals surface area contributed by atoms with Gasteiger partial charge in [0.1, 0.15) is 6.54 Å². The van der Waals surface area contributed by atoms with Gasteiger partial charge in [-0.1, -0.05) is 23.5 Å². The summed E-state index contributed by atoms with van der Waals surface area (Å²) in [6.07, 6.45) is 1.66. The Balaban J connectivity index is 1.64. The Hall–Kier alpha value is -2.86. The maximum atomic E-state index is 13.1. The Kier molecular flexibility index (Phi) is 8.27. The number of amides is 1. The summed E-state index contributed by atoms with van der Waals surface area (Å²) in [6, 6.07) is 9.69. The minimum Gasteiger partial charge on any atom is -0.465 e. The summed E-state index contributed by atoms with van der Waals surface area (Å²) < 4.78 is 40.6. The molecule has 2 aromatic carbocycles.